The van der Waals surface area contributed by atoms with E-state index in [9.17, 15) is 0 Å². The van der Waals surface area contributed by atoms with Crippen LogP contribution in [0.25, 0.3) is 0 Å². The van der Waals surface area contributed by atoms with Crippen molar-refractivity contribution in [2.75, 3.05) is 6.61 Å². The highest BCUT2D eigenvalue weighted by Crippen LogP contribution is 2.16. The summed E-state index contributed by atoms with van der Waals surface area (Å²) in [6.45, 7) is 7.93. The molecule has 62 valence electrons. The van der Waals surface area contributed by atoms with Gasteiger partial charge in [-0.3, -0.25) is 0 Å². The van der Waals surface area contributed by atoms with Crippen LogP contribution in [0.2, 0.25) is 0 Å². The van der Waals surface area contributed by atoms with Crippen molar-refractivity contribution in [3.05, 3.63) is 60.9 Å². The summed E-state index contributed by atoms with van der Waals surface area (Å²) in [6, 6.07) is 0. The maximum absolute atomic E-state index is 5.11. The molecule has 0 saturated heterocycles. The third-order valence-corrected chi connectivity index (χ3v) is 1.57. The average Bonchev–Trinajstić information content (AvgIpc) is 2.15. The molecule has 0 aromatic carbocycles. The summed E-state index contributed by atoms with van der Waals surface area (Å²) < 4.78 is 5.11. The molecule has 1 heterocycles. The summed E-state index contributed by atoms with van der Waals surface area (Å²) >= 11 is 0. The molecule has 1 rings (SSSR count). The van der Waals surface area contributed by atoms with Crippen molar-refractivity contribution in [1.82, 2.24) is 0 Å². The van der Waals surface area contributed by atoms with E-state index in [1.165, 1.54) is 0 Å². The van der Waals surface area contributed by atoms with E-state index in [0.717, 1.165) is 11.1 Å². The van der Waals surface area contributed by atoms with Crippen LogP contribution in [0, 0.1) is 0 Å². The lowest BCUT2D eigenvalue weighted by molar-refractivity contribution is 0.282. The number of hydrogen-bond acceptors (Lipinski definition) is 1. The van der Waals surface area contributed by atoms with Gasteiger partial charge in [0.1, 0.15) is 6.61 Å². The maximum Gasteiger partial charge on any atom is 0.106 e. The zero-order valence-corrected chi connectivity index (χ0v) is 6.99. The molecule has 0 radical (unpaired) electrons. The molecular weight excluding hydrogens is 148 g/mol. The van der Waals surface area contributed by atoms with Gasteiger partial charge < -0.3 is 4.74 Å². The van der Waals surface area contributed by atoms with Gasteiger partial charge in [-0.15, -0.1) is 0 Å². The van der Waals surface area contributed by atoms with Crippen LogP contribution in [0.4, 0.5) is 0 Å². The molecule has 1 aliphatic heterocycles. The van der Waals surface area contributed by atoms with Crippen LogP contribution in [-0.4, -0.2) is 6.61 Å². The molecule has 0 aliphatic carbocycles. The molecular formula is C11H12O. The van der Waals surface area contributed by atoms with E-state index < -0.39 is 0 Å². The van der Waals surface area contributed by atoms with Crippen LogP contribution >= 0.6 is 0 Å². The Kier molecular flexibility index (Phi) is 3.15. The molecule has 1 nitrogen and oxygen atoms in total. The normalized spacial score (nSPS) is 16.3. The molecule has 1 aliphatic rings. The lowest BCUT2D eigenvalue weighted by Gasteiger charge is -2.09. The fourth-order valence-electron chi connectivity index (χ4n) is 0.964. The lowest BCUT2D eigenvalue weighted by Crippen LogP contribution is -1.95. The molecule has 0 aromatic heterocycles. The Hall–Kier alpha value is -1.50. The molecule has 0 spiro atoms. The quantitative estimate of drug-likeness (QED) is 0.577. The molecule has 0 aromatic rings. The van der Waals surface area contributed by atoms with Crippen molar-refractivity contribution in [2.24, 2.45) is 0 Å². The van der Waals surface area contributed by atoms with E-state index in [2.05, 4.69) is 13.2 Å². The Morgan fingerprint density at radius 3 is 2.83 bits per heavy atom. The first-order chi connectivity index (χ1) is 5.88. The summed E-state index contributed by atoms with van der Waals surface area (Å²) in [6.07, 6.45) is 11.1. The van der Waals surface area contributed by atoms with Crippen LogP contribution in [-0.2, 0) is 4.74 Å². The van der Waals surface area contributed by atoms with E-state index in [1.807, 2.05) is 18.2 Å². The Morgan fingerprint density at radius 1 is 1.33 bits per heavy atom. The summed E-state index contributed by atoms with van der Waals surface area (Å²) in [5.41, 5.74) is 2.15. The maximum atomic E-state index is 5.11. The highest BCUT2D eigenvalue weighted by atomic mass is 16.5. The smallest absolute Gasteiger partial charge is 0.106 e. The van der Waals surface area contributed by atoms with Crippen molar-refractivity contribution in [3.63, 3.8) is 0 Å². The summed E-state index contributed by atoms with van der Waals surface area (Å²) in [4.78, 5) is 0. The van der Waals surface area contributed by atoms with Gasteiger partial charge in [0.25, 0.3) is 0 Å². The van der Waals surface area contributed by atoms with Gasteiger partial charge in [0.15, 0.2) is 0 Å². The Balaban J connectivity index is 2.79. The fourth-order valence-corrected chi connectivity index (χ4v) is 0.964. The minimum absolute atomic E-state index is 0.633. The summed E-state index contributed by atoms with van der Waals surface area (Å²) in [7, 11) is 0. The molecule has 0 bridgehead atoms. The zero-order valence-electron chi connectivity index (χ0n) is 6.99. The highest BCUT2D eigenvalue weighted by Gasteiger charge is 2.01. The van der Waals surface area contributed by atoms with Gasteiger partial charge in [0, 0.05) is 5.57 Å². The number of allylic oxidation sites excluding steroid dienone is 6. The molecule has 1 heteroatoms. The van der Waals surface area contributed by atoms with Gasteiger partial charge in [-0.1, -0.05) is 37.5 Å². The van der Waals surface area contributed by atoms with Crippen LogP contribution in [0.15, 0.2) is 60.9 Å². The largest absolute Gasteiger partial charge is 0.496 e. The molecule has 0 saturated carbocycles. The van der Waals surface area contributed by atoms with Gasteiger partial charge in [0.2, 0.25) is 0 Å². The minimum Gasteiger partial charge on any atom is -0.496 e. The second-order valence-corrected chi connectivity index (χ2v) is 2.36. The lowest BCUT2D eigenvalue weighted by atomic mass is 10.1. The van der Waals surface area contributed by atoms with E-state index >= 15 is 0 Å². The van der Waals surface area contributed by atoms with Gasteiger partial charge in [-0.25, -0.2) is 0 Å². The van der Waals surface area contributed by atoms with Crippen molar-refractivity contribution >= 4 is 0 Å². The highest BCUT2D eigenvalue weighted by molar-refractivity contribution is 5.46. The standard InChI is InChI=1S/C11H12O/c1-3-5-6-11-7-8-12-9-10(11)4-2/h3-7,9H,1-2,8H2/b6-5+. The number of hydrogen-bond donors (Lipinski definition) is 0. The van der Waals surface area contributed by atoms with E-state index in [-0.39, 0.29) is 0 Å². The van der Waals surface area contributed by atoms with Gasteiger partial charge in [-0.2, -0.15) is 0 Å². The second kappa shape index (κ2) is 4.39. The molecule has 0 N–H and O–H groups in total. The number of rotatable bonds is 3. The number of ether oxygens (including phenoxy) is 1. The van der Waals surface area contributed by atoms with Crippen LogP contribution in [0.5, 0.6) is 0 Å². The molecule has 0 unspecified atom stereocenters. The van der Waals surface area contributed by atoms with E-state index in [4.69, 9.17) is 4.74 Å². The predicted octanol–water partition coefficient (Wildman–Crippen LogP) is 2.76. The molecule has 0 amide bonds. The van der Waals surface area contributed by atoms with E-state index in [1.54, 1.807) is 18.4 Å². The third-order valence-electron chi connectivity index (χ3n) is 1.57. The first-order valence-corrected chi connectivity index (χ1v) is 3.82. The van der Waals surface area contributed by atoms with Crippen molar-refractivity contribution in [3.8, 4) is 0 Å². The molecule has 0 fully saturated rings. The Morgan fingerprint density at radius 2 is 2.17 bits per heavy atom. The zero-order chi connectivity index (χ0) is 8.81. The van der Waals surface area contributed by atoms with Crippen LogP contribution < -0.4 is 0 Å². The van der Waals surface area contributed by atoms with Gasteiger partial charge in [0.05, 0.1) is 6.26 Å². The Bertz CT molecular complexity index is 267. The molecule has 12 heavy (non-hydrogen) atoms. The fraction of sp³-hybridized carbons (Fsp3) is 0.0909. The SMILES string of the molecule is C=C/C=C/C1=CCOC=C1C=C. The first kappa shape index (κ1) is 8.60. The topological polar surface area (TPSA) is 9.23 Å². The first-order valence-electron chi connectivity index (χ1n) is 3.82. The summed E-state index contributed by atoms with van der Waals surface area (Å²) in [5, 5.41) is 0. The van der Waals surface area contributed by atoms with Crippen molar-refractivity contribution < 1.29 is 4.74 Å². The average molecular weight is 160 g/mol. The van der Waals surface area contributed by atoms with Gasteiger partial charge in [-0.05, 0) is 11.6 Å². The third kappa shape index (κ3) is 1.99. The molecule has 0 atom stereocenters. The predicted molar refractivity (Wildman–Crippen MR) is 51.7 cm³/mol. The van der Waals surface area contributed by atoms with Crippen molar-refractivity contribution in [2.45, 2.75) is 0 Å². The van der Waals surface area contributed by atoms with Crippen molar-refractivity contribution in [1.29, 1.82) is 0 Å². The van der Waals surface area contributed by atoms with E-state index in [0.29, 0.717) is 6.61 Å². The Labute approximate surface area is 73.0 Å². The van der Waals surface area contributed by atoms with Crippen LogP contribution in [0.1, 0.15) is 0 Å². The second-order valence-electron chi connectivity index (χ2n) is 2.36. The summed E-state index contributed by atoms with van der Waals surface area (Å²) in [5.74, 6) is 0. The van der Waals surface area contributed by atoms with Crippen LogP contribution in [0.3, 0.4) is 0 Å². The minimum atomic E-state index is 0.633. The van der Waals surface area contributed by atoms with Gasteiger partial charge >= 0.3 is 0 Å². The monoisotopic (exact) mass is 160 g/mol.